The Hall–Kier alpha value is -2.11. The maximum Gasteiger partial charge on any atom is 0.224 e. The summed E-state index contributed by atoms with van der Waals surface area (Å²) in [6.07, 6.45) is 2.77. The number of carbonyl (C=O) groups excluding carboxylic acids is 1. The number of halogens is 1. The first kappa shape index (κ1) is 16.3. The van der Waals surface area contributed by atoms with Crippen LogP contribution in [-0.2, 0) is 11.2 Å². The molecule has 2 rings (SSSR count). The van der Waals surface area contributed by atoms with Crippen molar-refractivity contribution in [2.45, 2.75) is 19.3 Å². The Morgan fingerprint density at radius 2 is 2.05 bits per heavy atom. The third-order valence-electron chi connectivity index (χ3n) is 3.47. The van der Waals surface area contributed by atoms with Gasteiger partial charge in [-0.05, 0) is 36.5 Å². The number of aliphatic imine (C=N–C) groups is 1. The molecule has 0 heterocycles. The lowest BCUT2D eigenvalue weighted by molar-refractivity contribution is -0.120. The molecule has 0 bridgehead atoms. The van der Waals surface area contributed by atoms with E-state index in [9.17, 15) is 9.18 Å². The fourth-order valence-corrected chi connectivity index (χ4v) is 2.06. The van der Waals surface area contributed by atoms with Gasteiger partial charge in [-0.25, -0.2) is 4.39 Å². The molecule has 6 heteroatoms. The largest absolute Gasteiger partial charge is 0.356 e. The maximum atomic E-state index is 13.0. The van der Waals surface area contributed by atoms with Crippen molar-refractivity contribution in [1.82, 2.24) is 16.0 Å². The standard InChI is InChI=1S/C16H23FN4O/c1-18-16(21-11-12-5-6-12)20-8-7-19-15(22)10-13-3-2-4-14(17)9-13/h2-4,9,12H,5-8,10-11H2,1H3,(H,19,22)(H2,18,20,21). The minimum absolute atomic E-state index is 0.117. The predicted molar refractivity (Wildman–Crippen MR) is 85.2 cm³/mol. The van der Waals surface area contributed by atoms with Crippen molar-refractivity contribution in [3.05, 3.63) is 35.6 Å². The fraction of sp³-hybridized carbons (Fsp3) is 0.500. The lowest BCUT2D eigenvalue weighted by Crippen LogP contribution is -2.42. The second kappa shape index (κ2) is 8.36. The summed E-state index contributed by atoms with van der Waals surface area (Å²) < 4.78 is 13.0. The molecule has 0 unspecified atom stereocenters. The first-order chi connectivity index (χ1) is 10.7. The highest BCUT2D eigenvalue weighted by Crippen LogP contribution is 2.27. The predicted octanol–water partition coefficient (Wildman–Crippen LogP) is 1.06. The minimum Gasteiger partial charge on any atom is -0.356 e. The van der Waals surface area contributed by atoms with Crippen molar-refractivity contribution in [2.75, 3.05) is 26.7 Å². The molecule has 3 N–H and O–H groups in total. The Morgan fingerprint density at radius 1 is 1.27 bits per heavy atom. The Labute approximate surface area is 130 Å². The van der Waals surface area contributed by atoms with Crippen molar-refractivity contribution in [2.24, 2.45) is 10.9 Å². The quantitative estimate of drug-likeness (QED) is 0.401. The molecule has 0 spiro atoms. The van der Waals surface area contributed by atoms with E-state index in [2.05, 4.69) is 20.9 Å². The third-order valence-corrected chi connectivity index (χ3v) is 3.47. The van der Waals surface area contributed by atoms with E-state index in [1.165, 1.54) is 25.0 Å². The second-order valence-corrected chi connectivity index (χ2v) is 5.48. The van der Waals surface area contributed by atoms with Crippen LogP contribution in [0.2, 0.25) is 0 Å². The molecule has 1 aromatic carbocycles. The Morgan fingerprint density at radius 3 is 2.73 bits per heavy atom. The summed E-state index contributed by atoms with van der Waals surface area (Å²) in [6, 6.07) is 6.09. The molecule has 1 aromatic rings. The van der Waals surface area contributed by atoms with Gasteiger partial charge in [-0.1, -0.05) is 12.1 Å². The molecule has 22 heavy (non-hydrogen) atoms. The molecule has 1 fully saturated rings. The smallest absolute Gasteiger partial charge is 0.224 e. The molecular weight excluding hydrogens is 283 g/mol. The van der Waals surface area contributed by atoms with Gasteiger partial charge in [0.15, 0.2) is 5.96 Å². The molecule has 1 aliphatic rings. The molecule has 0 aliphatic heterocycles. The molecule has 0 atom stereocenters. The van der Waals surface area contributed by atoms with E-state index in [1.807, 2.05) is 0 Å². The van der Waals surface area contributed by atoms with Crippen LogP contribution in [-0.4, -0.2) is 38.5 Å². The number of carbonyl (C=O) groups is 1. The van der Waals surface area contributed by atoms with E-state index >= 15 is 0 Å². The highest BCUT2D eigenvalue weighted by atomic mass is 19.1. The highest BCUT2D eigenvalue weighted by Gasteiger charge is 2.20. The van der Waals surface area contributed by atoms with Gasteiger partial charge < -0.3 is 16.0 Å². The Kier molecular flexibility index (Phi) is 6.18. The van der Waals surface area contributed by atoms with Crippen LogP contribution in [0.4, 0.5) is 4.39 Å². The molecular formula is C16H23FN4O. The number of rotatable bonds is 7. The van der Waals surface area contributed by atoms with Crippen LogP contribution in [0.25, 0.3) is 0 Å². The van der Waals surface area contributed by atoms with Crippen LogP contribution in [0.15, 0.2) is 29.3 Å². The van der Waals surface area contributed by atoms with E-state index in [0.717, 1.165) is 18.4 Å². The minimum atomic E-state index is -0.322. The van der Waals surface area contributed by atoms with Gasteiger partial charge in [0.2, 0.25) is 5.91 Å². The molecule has 1 aliphatic carbocycles. The summed E-state index contributed by atoms with van der Waals surface area (Å²) in [7, 11) is 1.73. The van der Waals surface area contributed by atoms with Gasteiger partial charge in [0, 0.05) is 26.7 Å². The zero-order chi connectivity index (χ0) is 15.8. The van der Waals surface area contributed by atoms with E-state index < -0.39 is 0 Å². The van der Waals surface area contributed by atoms with Crippen LogP contribution in [0.5, 0.6) is 0 Å². The Balaban J connectivity index is 1.59. The summed E-state index contributed by atoms with van der Waals surface area (Å²) in [5, 5.41) is 9.20. The van der Waals surface area contributed by atoms with Crippen LogP contribution in [0, 0.1) is 11.7 Å². The zero-order valence-electron chi connectivity index (χ0n) is 12.9. The van der Waals surface area contributed by atoms with Gasteiger partial charge in [-0.2, -0.15) is 0 Å². The molecule has 0 saturated heterocycles. The summed E-state index contributed by atoms with van der Waals surface area (Å²) in [6.45, 7) is 2.04. The number of amides is 1. The average Bonchev–Trinajstić information content (AvgIpc) is 3.31. The summed E-state index contributed by atoms with van der Waals surface area (Å²) in [5.41, 5.74) is 0.673. The van der Waals surface area contributed by atoms with Gasteiger partial charge in [0.25, 0.3) is 0 Å². The molecule has 1 saturated carbocycles. The van der Waals surface area contributed by atoms with Crippen molar-refractivity contribution in [3.8, 4) is 0 Å². The number of benzene rings is 1. The van der Waals surface area contributed by atoms with Crippen LogP contribution in [0.1, 0.15) is 18.4 Å². The van der Waals surface area contributed by atoms with Gasteiger partial charge >= 0.3 is 0 Å². The van der Waals surface area contributed by atoms with Crippen molar-refractivity contribution in [3.63, 3.8) is 0 Å². The van der Waals surface area contributed by atoms with E-state index in [-0.39, 0.29) is 18.1 Å². The van der Waals surface area contributed by atoms with E-state index in [1.54, 1.807) is 19.2 Å². The van der Waals surface area contributed by atoms with Crippen LogP contribution >= 0.6 is 0 Å². The first-order valence-electron chi connectivity index (χ1n) is 7.63. The zero-order valence-corrected chi connectivity index (χ0v) is 12.9. The monoisotopic (exact) mass is 306 g/mol. The number of nitrogens with one attached hydrogen (secondary N) is 3. The summed E-state index contributed by atoms with van der Waals surface area (Å²) >= 11 is 0. The number of guanidine groups is 1. The van der Waals surface area contributed by atoms with Gasteiger partial charge in [0.05, 0.1) is 6.42 Å². The number of hydrogen-bond acceptors (Lipinski definition) is 2. The lowest BCUT2D eigenvalue weighted by atomic mass is 10.1. The van der Waals surface area contributed by atoms with Crippen molar-refractivity contribution < 1.29 is 9.18 Å². The summed E-state index contributed by atoms with van der Waals surface area (Å²) in [4.78, 5) is 15.9. The van der Waals surface area contributed by atoms with Crippen LogP contribution < -0.4 is 16.0 Å². The van der Waals surface area contributed by atoms with Gasteiger partial charge in [-0.15, -0.1) is 0 Å². The summed E-state index contributed by atoms with van der Waals surface area (Å²) in [5.74, 6) is 1.10. The van der Waals surface area contributed by atoms with Gasteiger partial charge in [0.1, 0.15) is 5.82 Å². The first-order valence-corrected chi connectivity index (χ1v) is 7.63. The van der Waals surface area contributed by atoms with Gasteiger partial charge in [-0.3, -0.25) is 9.79 Å². The normalized spacial score (nSPS) is 14.5. The SMILES string of the molecule is CN=C(NCCNC(=O)Cc1cccc(F)c1)NCC1CC1. The molecule has 5 nitrogen and oxygen atoms in total. The fourth-order valence-electron chi connectivity index (χ4n) is 2.06. The molecule has 0 aromatic heterocycles. The van der Waals surface area contributed by atoms with Crippen LogP contribution in [0.3, 0.4) is 0 Å². The van der Waals surface area contributed by atoms with Crippen molar-refractivity contribution >= 4 is 11.9 Å². The van der Waals surface area contributed by atoms with Crippen molar-refractivity contribution in [1.29, 1.82) is 0 Å². The lowest BCUT2D eigenvalue weighted by Gasteiger charge is -2.12. The van der Waals surface area contributed by atoms with E-state index in [0.29, 0.717) is 18.7 Å². The highest BCUT2D eigenvalue weighted by molar-refractivity contribution is 5.80. The molecule has 120 valence electrons. The number of hydrogen-bond donors (Lipinski definition) is 3. The maximum absolute atomic E-state index is 13.0. The molecule has 1 amide bonds. The van der Waals surface area contributed by atoms with E-state index in [4.69, 9.17) is 0 Å². The second-order valence-electron chi connectivity index (χ2n) is 5.48. The topological polar surface area (TPSA) is 65.5 Å². The average molecular weight is 306 g/mol. The Bertz CT molecular complexity index is 529. The number of nitrogens with zero attached hydrogens (tertiary/aromatic N) is 1. The molecule has 0 radical (unpaired) electrons. The third kappa shape index (κ3) is 6.11.